The second kappa shape index (κ2) is 10.6. The number of carbonyl (C=O) groups is 2. The SMILES string of the molecule is COc1ccc([C@@H]2CC(=O)C3=C(C2)Nc2ccccc2N(C(=O)C(F)(F)F)[C@@H]3c2ccc(OC)c(OC)c2)cc1. The normalized spacial score (nSPS) is 18.8. The van der Waals surface area contributed by atoms with E-state index in [9.17, 15) is 22.8 Å². The molecule has 7 nitrogen and oxygen atoms in total. The summed E-state index contributed by atoms with van der Waals surface area (Å²) in [7, 11) is 4.40. The van der Waals surface area contributed by atoms with Gasteiger partial charge >= 0.3 is 12.1 Å². The zero-order valence-corrected chi connectivity index (χ0v) is 22.0. The average molecular weight is 553 g/mol. The van der Waals surface area contributed by atoms with Crippen molar-refractivity contribution < 1.29 is 37.0 Å². The molecule has 0 saturated heterocycles. The quantitative estimate of drug-likeness (QED) is 0.408. The van der Waals surface area contributed by atoms with Crippen molar-refractivity contribution in [2.24, 2.45) is 0 Å². The molecule has 0 saturated carbocycles. The van der Waals surface area contributed by atoms with E-state index in [1.54, 1.807) is 49.6 Å². The lowest BCUT2D eigenvalue weighted by molar-refractivity contribution is -0.170. The van der Waals surface area contributed by atoms with Gasteiger partial charge in [-0.3, -0.25) is 14.5 Å². The summed E-state index contributed by atoms with van der Waals surface area (Å²) in [6, 6.07) is 16.8. The predicted octanol–water partition coefficient (Wildman–Crippen LogP) is 6.18. The van der Waals surface area contributed by atoms with Crippen LogP contribution in [0.15, 0.2) is 78.0 Å². The Morgan fingerprint density at radius 3 is 2.20 bits per heavy atom. The minimum atomic E-state index is -5.20. The van der Waals surface area contributed by atoms with Crippen LogP contribution in [0.1, 0.15) is 35.9 Å². The largest absolute Gasteiger partial charge is 0.497 e. The molecule has 1 heterocycles. The van der Waals surface area contributed by atoms with Crippen LogP contribution in [-0.4, -0.2) is 39.2 Å². The van der Waals surface area contributed by atoms with E-state index in [2.05, 4.69) is 5.32 Å². The van der Waals surface area contributed by atoms with Crippen molar-refractivity contribution in [3.05, 3.63) is 89.1 Å². The van der Waals surface area contributed by atoms with E-state index in [1.807, 2.05) is 12.1 Å². The Bertz CT molecular complexity index is 1480. The maximum absolute atomic E-state index is 14.1. The zero-order valence-electron chi connectivity index (χ0n) is 22.0. The van der Waals surface area contributed by atoms with Gasteiger partial charge in [-0.15, -0.1) is 0 Å². The lowest BCUT2D eigenvalue weighted by atomic mass is 9.78. The first-order valence-corrected chi connectivity index (χ1v) is 12.5. The number of hydrogen-bond donors (Lipinski definition) is 1. The lowest BCUT2D eigenvalue weighted by Crippen LogP contribution is -2.45. The van der Waals surface area contributed by atoms with E-state index >= 15 is 0 Å². The molecule has 0 aromatic heterocycles. The summed E-state index contributed by atoms with van der Waals surface area (Å²) < 4.78 is 58.3. The van der Waals surface area contributed by atoms with Gasteiger partial charge in [-0.1, -0.05) is 30.3 Å². The summed E-state index contributed by atoms with van der Waals surface area (Å²) >= 11 is 0. The average Bonchev–Trinajstić information content (AvgIpc) is 3.10. The van der Waals surface area contributed by atoms with E-state index in [1.165, 1.54) is 26.4 Å². The third kappa shape index (κ3) is 4.85. The standard InChI is InChI=1S/C30H27F3N2O5/c1-38-20-11-8-17(9-12-20)19-14-22-27(24(36)15-19)28(18-10-13-25(39-2)26(16-18)40-3)35(29(37)30(31,32)33)23-7-5-4-6-21(23)34-22/h4-13,16,19,28,34H,14-15H2,1-3H3/t19-,28+/m0/s1. The fourth-order valence-corrected chi connectivity index (χ4v) is 5.40. The molecule has 1 aliphatic heterocycles. The molecule has 0 radical (unpaired) electrons. The molecule has 2 aliphatic rings. The Kier molecular flexibility index (Phi) is 7.18. The molecular formula is C30H27F3N2O5. The first-order chi connectivity index (χ1) is 19.2. The number of fused-ring (bicyclic) bond motifs is 1. The van der Waals surface area contributed by atoms with E-state index < -0.39 is 18.1 Å². The van der Waals surface area contributed by atoms with Gasteiger partial charge in [0.05, 0.1) is 38.7 Å². The van der Waals surface area contributed by atoms with Crippen molar-refractivity contribution in [3.63, 3.8) is 0 Å². The molecule has 3 aromatic rings. The van der Waals surface area contributed by atoms with Gasteiger partial charge in [-0.05, 0) is 59.9 Å². The Balaban J connectivity index is 1.72. The summed E-state index contributed by atoms with van der Waals surface area (Å²) in [5, 5.41) is 3.22. The zero-order chi connectivity index (χ0) is 28.6. The number of carbonyl (C=O) groups excluding carboxylic acids is 2. The molecule has 3 aromatic carbocycles. The Labute approximate surface area is 229 Å². The third-order valence-corrected chi connectivity index (χ3v) is 7.26. The molecule has 2 atom stereocenters. The van der Waals surface area contributed by atoms with Crippen LogP contribution in [-0.2, 0) is 9.59 Å². The van der Waals surface area contributed by atoms with Gasteiger partial charge < -0.3 is 19.5 Å². The fraction of sp³-hybridized carbons (Fsp3) is 0.267. The number of methoxy groups -OCH3 is 3. The van der Waals surface area contributed by atoms with Crippen molar-refractivity contribution in [1.82, 2.24) is 0 Å². The molecule has 1 aliphatic carbocycles. The van der Waals surface area contributed by atoms with E-state index in [4.69, 9.17) is 14.2 Å². The monoisotopic (exact) mass is 552 g/mol. The molecule has 1 amide bonds. The molecule has 0 fully saturated rings. The van der Waals surface area contributed by atoms with E-state index in [0.29, 0.717) is 34.2 Å². The fourth-order valence-electron chi connectivity index (χ4n) is 5.40. The lowest BCUT2D eigenvalue weighted by Gasteiger charge is -2.35. The number of benzene rings is 3. The van der Waals surface area contributed by atoms with Crippen molar-refractivity contribution in [2.75, 3.05) is 31.5 Å². The summed E-state index contributed by atoms with van der Waals surface area (Å²) in [6.45, 7) is 0. The molecule has 5 rings (SSSR count). The van der Waals surface area contributed by atoms with Gasteiger partial charge in [-0.2, -0.15) is 13.2 Å². The van der Waals surface area contributed by atoms with Crippen LogP contribution in [0.3, 0.4) is 0 Å². The van der Waals surface area contributed by atoms with Crippen molar-refractivity contribution in [2.45, 2.75) is 31.0 Å². The molecule has 40 heavy (non-hydrogen) atoms. The molecular weight excluding hydrogens is 525 g/mol. The molecule has 0 spiro atoms. The molecule has 0 bridgehead atoms. The first-order valence-electron chi connectivity index (χ1n) is 12.5. The number of hydrogen-bond acceptors (Lipinski definition) is 6. The van der Waals surface area contributed by atoms with Crippen LogP contribution in [0.5, 0.6) is 17.2 Å². The minimum Gasteiger partial charge on any atom is -0.497 e. The Hall–Kier alpha value is -4.47. The van der Waals surface area contributed by atoms with Gasteiger partial charge in [0.25, 0.3) is 0 Å². The number of amides is 1. The number of nitrogens with zero attached hydrogens (tertiary/aromatic N) is 1. The highest BCUT2D eigenvalue weighted by molar-refractivity contribution is 6.07. The molecule has 208 valence electrons. The van der Waals surface area contributed by atoms with Gasteiger partial charge in [0, 0.05) is 17.7 Å². The number of ether oxygens (including phenoxy) is 3. The maximum Gasteiger partial charge on any atom is 0.471 e. The van der Waals surface area contributed by atoms with Crippen molar-refractivity contribution in [3.8, 4) is 17.2 Å². The Morgan fingerprint density at radius 1 is 0.875 bits per heavy atom. The van der Waals surface area contributed by atoms with Crippen LogP contribution >= 0.6 is 0 Å². The number of halogens is 3. The third-order valence-electron chi connectivity index (χ3n) is 7.26. The number of ketones is 1. The number of Topliss-reactive ketones (excluding diaryl/α,β-unsaturated/α-hetero) is 1. The molecule has 0 unspecified atom stereocenters. The number of nitrogens with one attached hydrogen (secondary N) is 1. The number of rotatable bonds is 5. The van der Waals surface area contributed by atoms with Crippen molar-refractivity contribution in [1.29, 1.82) is 0 Å². The number of anilines is 2. The molecule has 1 N–H and O–H groups in total. The van der Waals surface area contributed by atoms with Crippen LogP contribution in [0.4, 0.5) is 24.5 Å². The summed E-state index contributed by atoms with van der Waals surface area (Å²) in [5.41, 5.74) is 2.03. The van der Waals surface area contributed by atoms with Crippen LogP contribution in [0.25, 0.3) is 0 Å². The van der Waals surface area contributed by atoms with Crippen molar-refractivity contribution >= 4 is 23.1 Å². The minimum absolute atomic E-state index is 0.00723. The highest BCUT2D eigenvalue weighted by Gasteiger charge is 2.50. The number of alkyl halides is 3. The van der Waals surface area contributed by atoms with E-state index in [-0.39, 0.29) is 40.7 Å². The van der Waals surface area contributed by atoms with Crippen LogP contribution < -0.4 is 24.4 Å². The highest BCUT2D eigenvalue weighted by atomic mass is 19.4. The second-order valence-electron chi connectivity index (χ2n) is 9.53. The van der Waals surface area contributed by atoms with E-state index in [0.717, 1.165) is 5.56 Å². The number of para-hydroxylation sites is 2. The summed E-state index contributed by atoms with van der Waals surface area (Å²) in [5.74, 6) is -1.39. The predicted molar refractivity (Wildman–Crippen MR) is 143 cm³/mol. The topological polar surface area (TPSA) is 77.1 Å². The maximum atomic E-state index is 14.1. The number of allylic oxidation sites excluding steroid dienone is 1. The molecule has 10 heteroatoms. The van der Waals surface area contributed by atoms with Crippen LogP contribution in [0.2, 0.25) is 0 Å². The summed E-state index contributed by atoms with van der Waals surface area (Å²) in [4.78, 5) is 27.7. The van der Waals surface area contributed by atoms with Gasteiger partial charge in [-0.25, -0.2) is 0 Å². The highest BCUT2D eigenvalue weighted by Crippen LogP contribution is 2.49. The van der Waals surface area contributed by atoms with Gasteiger partial charge in [0.1, 0.15) is 5.75 Å². The smallest absolute Gasteiger partial charge is 0.471 e. The summed E-state index contributed by atoms with van der Waals surface area (Å²) in [6.07, 6.45) is -4.79. The van der Waals surface area contributed by atoms with Gasteiger partial charge in [0.15, 0.2) is 17.3 Å². The Morgan fingerprint density at radius 2 is 1.55 bits per heavy atom. The second-order valence-corrected chi connectivity index (χ2v) is 9.53. The van der Waals surface area contributed by atoms with Gasteiger partial charge in [0.2, 0.25) is 0 Å². The first kappa shape index (κ1) is 27.1. The van der Waals surface area contributed by atoms with Crippen LogP contribution in [0, 0.1) is 0 Å².